The van der Waals surface area contributed by atoms with Crippen molar-refractivity contribution in [3.63, 3.8) is 0 Å². The van der Waals surface area contributed by atoms with Gasteiger partial charge in [0.1, 0.15) is 58.2 Å². The lowest BCUT2D eigenvalue weighted by atomic mass is 9.70. The molecule has 0 unspecified atom stereocenters. The summed E-state index contributed by atoms with van der Waals surface area (Å²) >= 11 is 10.2. The molecule has 0 bridgehead atoms. The molecule has 0 aliphatic rings. The number of hydrogen-bond donors (Lipinski definition) is 0. The largest absolute Gasteiger partial charge is 0.457 e. The van der Waals surface area contributed by atoms with Crippen LogP contribution in [0.1, 0.15) is 0 Å². The van der Waals surface area contributed by atoms with Crippen molar-refractivity contribution >= 4 is 129 Å². The Morgan fingerprint density at radius 2 is 1.24 bits per heavy atom. The zero-order valence-electron chi connectivity index (χ0n) is 13.2. The summed E-state index contributed by atoms with van der Waals surface area (Å²) < 4.78 is 7.36. The van der Waals surface area contributed by atoms with E-state index in [0.717, 1.165) is 31.6 Å². The van der Waals surface area contributed by atoms with Crippen LogP contribution in [0.2, 0.25) is 5.02 Å². The summed E-state index contributed by atoms with van der Waals surface area (Å²) in [5, 5.41) is 3.16. The van der Waals surface area contributed by atoms with Crippen LogP contribution < -0.4 is 32.8 Å². The molecule has 1 nitrogen and oxygen atoms in total. The minimum Gasteiger partial charge on any atom is -0.457 e. The van der Waals surface area contributed by atoms with Crippen molar-refractivity contribution in [1.29, 1.82) is 0 Å². The van der Waals surface area contributed by atoms with Gasteiger partial charge in [-0.15, -0.1) is 0 Å². The maximum absolute atomic E-state index is 6.46. The minimum atomic E-state index is 0.807. The maximum Gasteiger partial charge on any atom is 0.146 e. The van der Waals surface area contributed by atoms with E-state index >= 15 is 0 Å². The Bertz CT molecular complexity index is 861. The third-order valence-corrected chi connectivity index (χ3v) is 6.42. The van der Waals surface area contributed by atoms with Gasteiger partial charge in [-0.3, -0.25) is 0 Å². The molecule has 1 aromatic heterocycles. The summed E-state index contributed by atoms with van der Waals surface area (Å²) in [5.41, 5.74) is 8.97. The predicted molar refractivity (Wildman–Crippen MR) is 115 cm³/mol. The lowest BCUT2D eigenvalue weighted by molar-refractivity contribution is 0.674. The van der Waals surface area contributed by atoms with Crippen LogP contribution in [-0.2, 0) is 0 Å². The van der Waals surface area contributed by atoms with Gasteiger partial charge in [-0.05, 0) is 5.46 Å². The molecule has 0 amide bonds. The molecule has 0 spiro atoms. The first kappa shape index (κ1) is 15.3. The predicted octanol–water partition coefficient (Wildman–Crippen LogP) is -5.45. The molecule has 0 fully saturated rings. The number of halogens is 2. The second kappa shape index (κ2) is 4.96. The summed E-state index contributed by atoms with van der Waals surface area (Å²) in [6.07, 6.45) is 0. The van der Waals surface area contributed by atoms with Gasteiger partial charge in [0, 0.05) is 20.3 Å². The molecule has 0 atom stereocenters. The van der Waals surface area contributed by atoms with Crippen LogP contribution in [-0.4, -0.2) is 47.1 Å². The molecule has 3 aromatic rings. The molecule has 1 heterocycles. The van der Waals surface area contributed by atoms with Crippen molar-refractivity contribution in [2.24, 2.45) is 0 Å². The molecule has 9 heteroatoms. The molecule has 0 N–H and O–H groups in total. The average molecular weight is 352 g/mol. The Hall–Kier alpha value is -0.600. The highest BCUT2D eigenvalue weighted by molar-refractivity contribution is 9.10. The topological polar surface area (TPSA) is 13.1 Å². The van der Waals surface area contributed by atoms with Crippen LogP contribution in [0.3, 0.4) is 0 Å². The molecule has 0 aliphatic heterocycles. The fraction of sp³-hybridized carbons (Fsp3) is 0. The molecule has 98 valence electrons. The number of benzene rings is 2. The van der Waals surface area contributed by atoms with Crippen LogP contribution >= 0.6 is 27.5 Å². The van der Waals surface area contributed by atoms with Gasteiger partial charge < -0.3 is 4.42 Å². The fourth-order valence-electron chi connectivity index (χ4n) is 3.06. The van der Waals surface area contributed by atoms with E-state index in [4.69, 9.17) is 16.0 Å². The Labute approximate surface area is 143 Å². The van der Waals surface area contributed by atoms with Crippen molar-refractivity contribution in [2.75, 3.05) is 0 Å². The Morgan fingerprint density at radius 1 is 0.667 bits per heavy atom. The number of rotatable bonds is 0. The van der Waals surface area contributed by atoms with Crippen molar-refractivity contribution in [1.82, 2.24) is 0 Å². The van der Waals surface area contributed by atoms with Gasteiger partial charge in [0.15, 0.2) is 0 Å². The molecule has 3 rings (SSSR count). The molecule has 0 radical (unpaired) electrons. The monoisotopic (exact) mass is 352 g/mol. The summed E-state index contributed by atoms with van der Waals surface area (Å²) in [6, 6.07) is 0. The van der Waals surface area contributed by atoms with E-state index < -0.39 is 0 Å². The van der Waals surface area contributed by atoms with E-state index in [-0.39, 0.29) is 0 Å². The van der Waals surface area contributed by atoms with Crippen molar-refractivity contribution in [2.45, 2.75) is 0 Å². The fourth-order valence-corrected chi connectivity index (χ4v) is 3.97. The highest BCUT2D eigenvalue weighted by Gasteiger charge is 2.21. The number of hydrogen-bond acceptors (Lipinski definition) is 1. The normalized spacial score (nSPS) is 11.5. The van der Waals surface area contributed by atoms with E-state index in [2.05, 4.69) is 55.2 Å². The van der Waals surface area contributed by atoms with E-state index in [0.29, 0.717) is 0 Å². The second-order valence-corrected chi connectivity index (χ2v) is 7.06. The Balaban J connectivity index is 2.73. The molecule has 0 aliphatic carbocycles. The summed E-state index contributed by atoms with van der Waals surface area (Å²) in [7, 11) is 12.6. The molecule has 0 saturated carbocycles. The average Bonchev–Trinajstić information content (AvgIpc) is 2.87. The van der Waals surface area contributed by atoms with Crippen LogP contribution in [0.25, 0.3) is 21.9 Å². The van der Waals surface area contributed by atoms with Gasteiger partial charge in [-0.1, -0.05) is 54.8 Å². The first-order valence-corrected chi connectivity index (χ1v) is 8.21. The van der Waals surface area contributed by atoms with Gasteiger partial charge in [0.2, 0.25) is 0 Å². The number of fused-ring (bicyclic) bond motifs is 3. The lowest BCUT2D eigenvalue weighted by Gasteiger charge is -2.11. The van der Waals surface area contributed by atoms with Gasteiger partial charge in [-0.25, -0.2) is 0 Å². The maximum atomic E-state index is 6.46. The standard InChI is InChI=1S/C12H12B6BrClO/c13-3-1-2-9(19)5(15)4(14)7(17)12(2)21-11(1)8(18)10(20)6(3)16/h13-18H2. The van der Waals surface area contributed by atoms with Crippen molar-refractivity contribution < 1.29 is 4.42 Å². The quantitative estimate of drug-likeness (QED) is 0.368. The summed E-state index contributed by atoms with van der Waals surface area (Å²) in [5.74, 6) is 0. The van der Waals surface area contributed by atoms with Gasteiger partial charge in [0.05, 0.1) is 0 Å². The molecule has 21 heavy (non-hydrogen) atoms. The molecule has 2 aromatic carbocycles. The van der Waals surface area contributed by atoms with E-state index in [1.165, 1.54) is 32.6 Å². The number of furan rings is 1. The second-order valence-electron chi connectivity index (χ2n) is 5.89. The third-order valence-electron chi connectivity index (χ3n) is 4.86. The SMILES string of the molecule is Bc1c(B)c(Br)c2c(oc3c(B)c(Cl)c(B)c(B)c32)c1B. The molecular weight excluding hydrogens is 340 g/mol. The van der Waals surface area contributed by atoms with Crippen LogP contribution in [0.4, 0.5) is 0 Å². The van der Waals surface area contributed by atoms with Crippen LogP contribution in [0.15, 0.2) is 8.89 Å². The zero-order valence-corrected chi connectivity index (χ0v) is 15.5. The van der Waals surface area contributed by atoms with Crippen LogP contribution in [0.5, 0.6) is 0 Å². The first-order valence-electron chi connectivity index (χ1n) is 7.04. The zero-order chi connectivity index (χ0) is 15.6. The highest BCUT2D eigenvalue weighted by atomic mass is 79.9. The third kappa shape index (κ3) is 1.91. The Kier molecular flexibility index (Phi) is 3.61. The van der Waals surface area contributed by atoms with Gasteiger partial charge in [0.25, 0.3) is 0 Å². The van der Waals surface area contributed by atoms with E-state index in [1.54, 1.807) is 0 Å². The van der Waals surface area contributed by atoms with Gasteiger partial charge >= 0.3 is 0 Å². The van der Waals surface area contributed by atoms with Crippen molar-refractivity contribution in [3.05, 3.63) is 9.50 Å². The molecular formula is C12H12B6BrClO. The molecule has 0 saturated heterocycles. The summed E-state index contributed by atoms with van der Waals surface area (Å²) in [4.78, 5) is 0. The lowest BCUT2D eigenvalue weighted by Crippen LogP contribution is -2.40. The highest BCUT2D eigenvalue weighted by Crippen LogP contribution is 2.30. The van der Waals surface area contributed by atoms with E-state index in [1.807, 2.05) is 7.85 Å². The van der Waals surface area contributed by atoms with Crippen LogP contribution in [0, 0.1) is 0 Å². The van der Waals surface area contributed by atoms with Crippen molar-refractivity contribution in [3.8, 4) is 0 Å². The minimum absolute atomic E-state index is 0.807. The Morgan fingerprint density at radius 3 is 1.86 bits per heavy atom. The first-order chi connectivity index (χ1) is 9.77. The smallest absolute Gasteiger partial charge is 0.146 e. The summed E-state index contributed by atoms with van der Waals surface area (Å²) in [6.45, 7) is 0. The van der Waals surface area contributed by atoms with E-state index in [9.17, 15) is 0 Å². The van der Waals surface area contributed by atoms with Gasteiger partial charge in [-0.2, -0.15) is 0 Å².